The normalized spacial score (nSPS) is 30.5. The summed E-state index contributed by atoms with van der Waals surface area (Å²) in [7, 11) is 0. The van der Waals surface area contributed by atoms with Crippen molar-refractivity contribution in [3.05, 3.63) is 30.3 Å². The molecule has 0 N–H and O–H groups in total. The lowest BCUT2D eigenvalue weighted by atomic mass is 10.3. The van der Waals surface area contributed by atoms with E-state index in [1.54, 1.807) is 0 Å². The molecule has 2 heteroatoms. The van der Waals surface area contributed by atoms with E-state index in [0.29, 0.717) is 12.1 Å². The van der Waals surface area contributed by atoms with Crippen molar-refractivity contribution >= 4 is 12.0 Å². The van der Waals surface area contributed by atoms with E-state index in [1.807, 2.05) is 12.4 Å². The number of benzene rings is 1. The van der Waals surface area contributed by atoms with Gasteiger partial charge in [0, 0.05) is 5.69 Å². The molecule has 0 bridgehead atoms. The van der Waals surface area contributed by atoms with E-state index >= 15 is 0 Å². The largest absolute Gasteiger partial charge is 0.327 e. The molecule has 2 atom stereocenters. The second-order valence-corrected chi connectivity index (χ2v) is 3.38. The van der Waals surface area contributed by atoms with Crippen LogP contribution in [0.3, 0.4) is 0 Å². The maximum atomic E-state index is 4.37. The first kappa shape index (κ1) is 6.23. The Morgan fingerprint density at radius 1 is 1.25 bits per heavy atom. The maximum absolute atomic E-state index is 4.37. The van der Waals surface area contributed by atoms with Crippen LogP contribution >= 0.6 is 0 Å². The molecule has 2 aliphatic rings. The van der Waals surface area contributed by atoms with Gasteiger partial charge in [0.15, 0.2) is 0 Å². The number of anilines is 1. The number of aliphatic imine (C=N–C) groups is 1. The molecular weight excluding hydrogens is 148 g/mol. The quantitative estimate of drug-likeness (QED) is 0.607. The molecule has 1 fully saturated rings. The van der Waals surface area contributed by atoms with Gasteiger partial charge in [0.25, 0.3) is 0 Å². The Labute approximate surface area is 71.5 Å². The second kappa shape index (κ2) is 2.09. The van der Waals surface area contributed by atoms with Gasteiger partial charge in [-0.1, -0.05) is 18.2 Å². The molecule has 0 spiro atoms. The first-order valence-electron chi connectivity index (χ1n) is 4.32. The monoisotopic (exact) mass is 158 g/mol. The van der Waals surface area contributed by atoms with Gasteiger partial charge in [-0.2, -0.15) is 0 Å². The average Bonchev–Trinajstić information content (AvgIpc) is 2.80. The molecule has 0 amide bonds. The van der Waals surface area contributed by atoms with Crippen molar-refractivity contribution in [1.29, 1.82) is 0 Å². The summed E-state index contributed by atoms with van der Waals surface area (Å²) in [5, 5.41) is 0. The minimum atomic E-state index is 0.602. The minimum absolute atomic E-state index is 0.602. The van der Waals surface area contributed by atoms with Crippen LogP contribution in [-0.2, 0) is 0 Å². The van der Waals surface area contributed by atoms with Gasteiger partial charge in [0.05, 0.1) is 18.4 Å². The third-order valence-electron chi connectivity index (χ3n) is 2.52. The predicted molar refractivity (Wildman–Crippen MR) is 49.6 cm³/mol. The van der Waals surface area contributed by atoms with Crippen molar-refractivity contribution in [3.63, 3.8) is 0 Å². The molecule has 1 aromatic carbocycles. The van der Waals surface area contributed by atoms with Gasteiger partial charge in [-0.15, -0.1) is 0 Å². The lowest BCUT2D eigenvalue weighted by Gasteiger charge is -2.15. The fourth-order valence-electron chi connectivity index (χ4n) is 1.73. The van der Waals surface area contributed by atoms with Gasteiger partial charge >= 0.3 is 0 Å². The summed E-state index contributed by atoms with van der Waals surface area (Å²) >= 11 is 0. The molecule has 60 valence electrons. The number of nitrogens with zero attached hydrogens (tertiary/aromatic N) is 2. The average molecular weight is 158 g/mol. The summed E-state index contributed by atoms with van der Waals surface area (Å²) in [6, 6.07) is 11.7. The Hall–Kier alpha value is -1.31. The number of hydrogen-bond acceptors (Lipinski definition) is 2. The minimum Gasteiger partial charge on any atom is -0.327 e. The highest BCUT2D eigenvalue weighted by molar-refractivity contribution is 5.84. The number of hydrogen-bond donors (Lipinski definition) is 0. The van der Waals surface area contributed by atoms with Gasteiger partial charge in [0.1, 0.15) is 0 Å². The van der Waals surface area contributed by atoms with Crippen molar-refractivity contribution in [3.8, 4) is 0 Å². The molecular formula is C10H10N2. The SMILES string of the molecule is C1=NC2CC2N1c1ccccc1. The van der Waals surface area contributed by atoms with Gasteiger partial charge in [-0.3, -0.25) is 4.99 Å². The number of fused-ring (bicyclic) bond motifs is 1. The van der Waals surface area contributed by atoms with Crippen molar-refractivity contribution in [2.75, 3.05) is 4.90 Å². The predicted octanol–water partition coefficient (Wildman–Crippen LogP) is 1.68. The highest BCUT2D eigenvalue weighted by Crippen LogP contribution is 2.37. The third-order valence-corrected chi connectivity index (χ3v) is 2.52. The van der Waals surface area contributed by atoms with Crippen LogP contribution in [0.2, 0.25) is 0 Å². The zero-order chi connectivity index (χ0) is 7.97. The van der Waals surface area contributed by atoms with Crippen LogP contribution in [-0.4, -0.2) is 18.4 Å². The summed E-state index contributed by atoms with van der Waals surface area (Å²) in [5.41, 5.74) is 1.27. The zero-order valence-corrected chi connectivity index (χ0v) is 6.72. The van der Waals surface area contributed by atoms with Crippen molar-refractivity contribution in [2.24, 2.45) is 4.99 Å². The smallest absolute Gasteiger partial charge is 0.0902 e. The molecule has 0 radical (unpaired) electrons. The summed E-state index contributed by atoms with van der Waals surface area (Å²) in [6.45, 7) is 0. The van der Waals surface area contributed by atoms with Gasteiger partial charge in [-0.05, 0) is 18.6 Å². The fourth-order valence-corrected chi connectivity index (χ4v) is 1.73. The van der Waals surface area contributed by atoms with Gasteiger partial charge in [-0.25, -0.2) is 0 Å². The van der Waals surface area contributed by atoms with Crippen molar-refractivity contribution in [1.82, 2.24) is 0 Å². The molecule has 1 aliphatic heterocycles. The molecule has 1 heterocycles. The third kappa shape index (κ3) is 0.779. The standard InChI is InChI=1S/C10H10N2/c1-2-4-8(5-3-1)12-7-11-9-6-10(9)12/h1-5,7,9-10H,6H2. The van der Waals surface area contributed by atoms with Crippen LogP contribution in [0.5, 0.6) is 0 Å². The van der Waals surface area contributed by atoms with E-state index in [1.165, 1.54) is 12.1 Å². The van der Waals surface area contributed by atoms with E-state index in [2.05, 4.69) is 34.2 Å². The lowest BCUT2D eigenvalue weighted by molar-refractivity contribution is 1.01. The zero-order valence-electron chi connectivity index (χ0n) is 6.72. The number of para-hydroxylation sites is 1. The van der Waals surface area contributed by atoms with E-state index in [9.17, 15) is 0 Å². The van der Waals surface area contributed by atoms with Crippen molar-refractivity contribution in [2.45, 2.75) is 18.5 Å². The molecule has 12 heavy (non-hydrogen) atoms. The Morgan fingerprint density at radius 2 is 2.08 bits per heavy atom. The van der Waals surface area contributed by atoms with Gasteiger partial charge < -0.3 is 4.90 Å². The highest BCUT2D eigenvalue weighted by Gasteiger charge is 2.45. The summed E-state index contributed by atoms with van der Waals surface area (Å²) < 4.78 is 0. The molecule has 1 aromatic rings. The molecule has 0 saturated heterocycles. The van der Waals surface area contributed by atoms with E-state index in [0.717, 1.165) is 0 Å². The van der Waals surface area contributed by atoms with E-state index < -0.39 is 0 Å². The van der Waals surface area contributed by atoms with Crippen molar-refractivity contribution < 1.29 is 0 Å². The summed E-state index contributed by atoms with van der Waals surface area (Å²) in [5.74, 6) is 0. The van der Waals surface area contributed by atoms with Crippen LogP contribution in [0, 0.1) is 0 Å². The Morgan fingerprint density at radius 3 is 2.67 bits per heavy atom. The highest BCUT2D eigenvalue weighted by atomic mass is 15.3. The topological polar surface area (TPSA) is 15.6 Å². The van der Waals surface area contributed by atoms with Crippen LogP contribution < -0.4 is 4.90 Å². The first-order chi connectivity index (χ1) is 5.95. The molecule has 3 rings (SSSR count). The fraction of sp³-hybridized carbons (Fsp3) is 0.300. The first-order valence-corrected chi connectivity index (χ1v) is 4.32. The van der Waals surface area contributed by atoms with E-state index in [-0.39, 0.29) is 0 Å². The molecule has 0 aromatic heterocycles. The Kier molecular flexibility index (Phi) is 1.09. The van der Waals surface area contributed by atoms with Crippen LogP contribution in [0.25, 0.3) is 0 Å². The Bertz CT molecular complexity index is 318. The summed E-state index contributed by atoms with van der Waals surface area (Å²) in [6.07, 6.45) is 3.21. The van der Waals surface area contributed by atoms with E-state index in [4.69, 9.17) is 0 Å². The lowest BCUT2D eigenvalue weighted by Crippen LogP contribution is -2.20. The summed E-state index contributed by atoms with van der Waals surface area (Å²) in [4.78, 5) is 6.64. The maximum Gasteiger partial charge on any atom is 0.0902 e. The number of rotatable bonds is 1. The molecule has 2 unspecified atom stereocenters. The van der Waals surface area contributed by atoms with Crippen LogP contribution in [0.15, 0.2) is 35.3 Å². The van der Waals surface area contributed by atoms with Crippen LogP contribution in [0.1, 0.15) is 6.42 Å². The molecule has 1 saturated carbocycles. The second-order valence-electron chi connectivity index (χ2n) is 3.38. The Balaban J connectivity index is 1.95. The molecule has 2 nitrogen and oxygen atoms in total. The van der Waals surface area contributed by atoms with Gasteiger partial charge in [0.2, 0.25) is 0 Å². The molecule has 1 aliphatic carbocycles. The van der Waals surface area contributed by atoms with Crippen LogP contribution in [0.4, 0.5) is 5.69 Å².